The molecule has 2 aromatic rings. The fourth-order valence-corrected chi connectivity index (χ4v) is 3.47. The fraction of sp³-hybridized carbons (Fsp3) is 0.421. The molecule has 0 bridgehead atoms. The highest BCUT2D eigenvalue weighted by molar-refractivity contribution is 5.92. The predicted molar refractivity (Wildman–Crippen MR) is 94.6 cm³/mol. The van der Waals surface area contributed by atoms with Crippen LogP contribution >= 0.6 is 0 Å². The lowest BCUT2D eigenvalue weighted by atomic mass is 9.99. The number of hydrogen-bond acceptors (Lipinski definition) is 4. The summed E-state index contributed by atoms with van der Waals surface area (Å²) in [4.78, 5) is 21.2. The molecule has 6 heteroatoms. The van der Waals surface area contributed by atoms with Crippen molar-refractivity contribution in [2.24, 2.45) is 5.92 Å². The predicted octanol–water partition coefficient (Wildman–Crippen LogP) is 2.48. The Morgan fingerprint density at radius 1 is 1.36 bits per heavy atom. The third-order valence-electron chi connectivity index (χ3n) is 4.96. The van der Waals surface area contributed by atoms with E-state index in [1.54, 1.807) is 0 Å². The van der Waals surface area contributed by atoms with Gasteiger partial charge in [-0.15, -0.1) is 5.48 Å². The van der Waals surface area contributed by atoms with Crippen molar-refractivity contribution in [3.63, 3.8) is 0 Å². The third kappa shape index (κ3) is 3.27. The van der Waals surface area contributed by atoms with Crippen molar-refractivity contribution in [2.75, 3.05) is 13.2 Å². The molecule has 2 aliphatic heterocycles. The van der Waals surface area contributed by atoms with Crippen molar-refractivity contribution >= 4 is 16.8 Å². The summed E-state index contributed by atoms with van der Waals surface area (Å²) in [6.07, 6.45) is 2.85. The normalized spacial score (nSPS) is 24.2. The molecule has 0 spiro atoms. The van der Waals surface area contributed by atoms with Gasteiger partial charge in [-0.25, -0.2) is 0 Å². The highest BCUT2D eigenvalue weighted by atomic mass is 16.7. The molecule has 3 heterocycles. The second kappa shape index (κ2) is 6.54. The van der Waals surface area contributed by atoms with Gasteiger partial charge in [-0.05, 0) is 55.5 Å². The van der Waals surface area contributed by atoms with Crippen LogP contribution in [-0.2, 0) is 14.4 Å². The first-order valence-corrected chi connectivity index (χ1v) is 8.72. The number of H-pyrrole nitrogens is 1. The van der Waals surface area contributed by atoms with E-state index in [0.717, 1.165) is 35.2 Å². The van der Waals surface area contributed by atoms with Crippen molar-refractivity contribution in [1.82, 2.24) is 15.8 Å². The summed E-state index contributed by atoms with van der Waals surface area (Å²) in [6, 6.07) is 8.22. The van der Waals surface area contributed by atoms with E-state index in [-0.39, 0.29) is 18.0 Å². The number of amides is 1. The Balaban J connectivity index is 1.43. The van der Waals surface area contributed by atoms with Crippen molar-refractivity contribution in [1.29, 1.82) is 0 Å². The Morgan fingerprint density at radius 3 is 3.04 bits per heavy atom. The van der Waals surface area contributed by atoms with Crippen LogP contribution in [0.1, 0.15) is 30.6 Å². The maximum absolute atomic E-state index is 12.5. The lowest BCUT2D eigenvalue weighted by Gasteiger charge is -2.14. The van der Waals surface area contributed by atoms with Crippen LogP contribution in [-0.4, -0.2) is 30.1 Å². The molecular weight excluding hydrogens is 318 g/mol. The number of nitrogens with one attached hydrogen (secondary N) is 3. The van der Waals surface area contributed by atoms with Crippen LogP contribution in [0.2, 0.25) is 0 Å². The second-order valence-electron chi connectivity index (χ2n) is 6.89. The number of aromatic amines is 1. The number of aryl methyl sites for hydroxylation is 1. The molecule has 132 valence electrons. The van der Waals surface area contributed by atoms with E-state index in [9.17, 15) is 4.79 Å². The van der Waals surface area contributed by atoms with Crippen LogP contribution in [0.5, 0.6) is 0 Å². The number of carbonyl (C=O) groups is 1. The largest absolute Gasteiger partial charge is 0.403 e. The number of carbonyl (C=O) groups excluding carboxylic acids is 1. The van der Waals surface area contributed by atoms with E-state index in [2.05, 4.69) is 27.9 Å². The first kappa shape index (κ1) is 16.2. The van der Waals surface area contributed by atoms with E-state index in [0.29, 0.717) is 18.3 Å². The van der Waals surface area contributed by atoms with Gasteiger partial charge in [-0.3, -0.25) is 4.79 Å². The highest BCUT2D eigenvalue weighted by Crippen LogP contribution is 2.24. The molecule has 0 saturated carbocycles. The van der Waals surface area contributed by atoms with Crippen LogP contribution in [0.25, 0.3) is 10.9 Å². The molecule has 6 nitrogen and oxygen atoms in total. The highest BCUT2D eigenvalue weighted by Gasteiger charge is 2.31. The summed E-state index contributed by atoms with van der Waals surface area (Å²) in [7, 11) is 0. The van der Waals surface area contributed by atoms with Crippen molar-refractivity contribution in [2.45, 2.75) is 32.4 Å². The van der Waals surface area contributed by atoms with Gasteiger partial charge < -0.3 is 19.9 Å². The number of aromatic nitrogens is 1. The second-order valence-corrected chi connectivity index (χ2v) is 6.89. The monoisotopic (exact) mass is 341 g/mol. The quantitative estimate of drug-likeness (QED) is 0.799. The minimum Gasteiger partial charge on any atom is -0.403 e. The zero-order valence-electron chi connectivity index (χ0n) is 14.5. The molecule has 1 aromatic carbocycles. The van der Waals surface area contributed by atoms with Crippen LogP contribution in [0.3, 0.4) is 0 Å². The number of fused-ring (bicyclic) bond motifs is 1. The summed E-state index contributed by atoms with van der Waals surface area (Å²) in [5.74, 6) is 0.496. The van der Waals surface area contributed by atoms with Crippen LogP contribution in [0.15, 0.2) is 36.1 Å². The Hall–Kier alpha value is -2.31. The number of benzene rings is 1. The lowest BCUT2D eigenvalue weighted by molar-refractivity contribution is -0.122. The van der Waals surface area contributed by atoms with E-state index < -0.39 is 0 Å². The van der Waals surface area contributed by atoms with Gasteiger partial charge in [0.15, 0.2) is 0 Å². The minimum atomic E-state index is -0.202. The van der Waals surface area contributed by atoms with Gasteiger partial charge in [0.1, 0.15) is 0 Å². The van der Waals surface area contributed by atoms with Gasteiger partial charge in [0, 0.05) is 23.7 Å². The van der Waals surface area contributed by atoms with E-state index in [4.69, 9.17) is 9.57 Å². The molecule has 25 heavy (non-hydrogen) atoms. The van der Waals surface area contributed by atoms with Gasteiger partial charge in [-0.2, -0.15) is 0 Å². The maximum Gasteiger partial charge on any atom is 0.289 e. The van der Waals surface area contributed by atoms with Crippen LogP contribution < -0.4 is 10.8 Å². The summed E-state index contributed by atoms with van der Waals surface area (Å²) in [5, 5.41) is 4.16. The van der Waals surface area contributed by atoms with E-state index in [1.807, 2.05) is 32.1 Å². The molecule has 4 rings (SSSR count). The van der Waals surface area contributed by atoms with Crippen LogP contribution in [0, 0.1) is 12.8 Å². The molecule has 3 atom stereocenters. The van der Waals surface area contributed by atoms with Gasteiger partial charge in [0.25, 0.3) is 5.91 Å². The van der Waals surface area contributed by atoms with Gasteiger partial charge >= 0.3 is 0 Å². The van der Waals surface area contributed by atoms with Gasteiger partial charge in [-0.1, -0.05) is 6.07 Å². The minimum absolute atomic E-state index is 0.0396. The maximum atomic E-state index is 12.5. The van der Waals surface area contributed by atoms with Crippen molar-refractivity contribution in [3.05, 3.63) is 47.4 Å². The van der Waals surface area contributed by atoms with Crippen molar-refractivity contribution < 1.29 is 14.4 Å². The summed E-state index contributed by atoms with van der Waals surface area (Å²) in [6.45, 7) is 5.49. The molecule has 0 radical (unpaired) electrons. The number of hydrogen-bond donors (Lipinski definition) is 3. The number of rotatable bonds is 4. The van der Waals surface area contributed by atoms with Gasteiger partial charge in [0.05, 0.1) is 18.7 Å². The number of ether oxygens (including phenoxy) is 1. The molecule has 2 aliphatic rings. The first-order valence-electron chi connectivity index (χ1n) is 8.72. The molecule has 1 aromatic heterocycles. The molecule has 0 aliphatic carbocycles. The van der Waals surface area contributed by atoms with E-state index in [1.165, 1.54) is 0 Å². The SMILES string of the molecule is Cc1cc2cc([C@@H](C)NC(=O)C3=CC([C@@H]4CCOC4)NO3)ccc2[nH]1. The van der Waals surface area contributed by atoms with Crippen molar-refractivity contribution in [3.8, 4) is 0 Å². The summed E-state index contributed by atoms with van der Waals surface area (Å²) in [5.41, 5.74) is 6.22. The van der Waals surface area contributed by atoms with Gasteiger partial charge in [0.2, 0.25) is 5.76 Å². The average molecular weight is 341 g/mol. The summed E-state index contributed by atoms with van der Waals surface area (Å²) >= 11 is 0. The smallest absolute Gasteiger partial charge is 0.289 e. The van der Waals surface area contributed by atoms with E-state index >= 15 is 0 Å². The molecular formula is C19H23N3O3. The number of hydroxylamine groups is 1. The lowest BCUT2D eigenvalue weighted by Crippen LogP contribution is -2.31. The first-order chi connectivity index (χ1) is 12.1. The molecule has 1 saturated heterocycles. The Bertz CT molecular complexity index is 820. The third-order valence-corrected chi connectivity index (χ3v) is 4.96. The standard InChI is InChI=1S/C19H23N3O3/c1-11-7-15-8-13(3-4-16(15)20-11)12(2)21-19(23)18-9-17(22-25-18)14-5-6-24-10-14/h3-4,7-9,12,14,17,20,22H,5-6,10H2,1-2H3,(H,21,23)/t12-,14-,17?/m1/s1. The topological polar surface area (TPSA) is 75.4 Å². The zero-order chi connectivity index (χ0) is 17.4. The summed E-state index contributed by atoms with van der Waals surface area (Å²) < 4.78 is 5.40. The average Bonchev–Trinajstić information content (AvgIpc) is 3.32. The molecule has 1 unspecified atom stereocenters. The Labute approximate surface area is 146 Å². The fourth-order valence-electron chi connectivity index (χ4n) is 3.47. The Kier molecular flexibility index (Phi) is 4.23. The zero-order valence-corrected chi connectivity index (χ0v) is 14.5. The molecule has 1 amide bonds. The molecule has 3 N–H and O–H groups in total. The van der Waals surface area contributed by atoms with Crippen LogP contribution in [0.4, 0.5) is 0 Å². The molecule has 1 fully saturated rings. The Morgan fingerprint density at radius 2 is 2.24 bits per heavy atom.